The fraction of sp³-hybridized carbons (Fsp3) is 0.474. The number of fused-ring (bicyclic) bond motifs is 3. The van der Waals surface area contributed by atoms with E-state index in [1.807, 2.05) is 16.7 Å². The van der Waals surface area contributed by atoms with Gasteiger partial charge in [0, 0.05) is 26.1 Å². The second kappa shape index (κ2) is 6.43. The number of aryl methyl sites for hydroxylation is 1. The van der Waals surface area contributed by atoms with Crippen molar-refractivity contribution in [2.24, 2.45) is 0 Å². The summed E-state index contributed by atoms with van der Waals surface area (Å²) in [5, 5.41) is 10.3. The quantitative estimate of drug-likeness (QED) is 0.868. The van der Waals surface area contributed by atoms with Crippen molar-refractivity contribution in [1.29, 1.82) is 0 Å². The number of ether oxygens (including phenoxy) is 1. The monoisotopic (exact) mass is 341 g/mol. The van der Waals surface area contributed by atoms with Crippen LogP contribution in [-0.2, 0) is 16.1 Å². The number of carbonyl (C=O) groups excluding carboxylic acids is 1. The molecule has 1 aromatic heterocycles. The molecule has 2 aromatic rings. The Bertz CT molecular complexity index is 847. The summed E-state index contributed by atoms with van der Waals surface area (Å²) >= 11 is 0. The highest BCUT2D eigenvalue weighted by atomic mass is 16.5. The number of allylic oxidation sites excluding steroid dienone is 1. The molecular formula is C19H23N3O3. The van der Waals surface area contributed by atoms with E-state index in [4.69, 9.17) is 9.72 Å². The predicted molar refractivity (Wildman–Crippen MR) is 96.6 cm³/mol. The fourth-order valence-corrected chi connectivity index (χ4v) is 3.82. The summed E-state index contributed by atoms with van der Waals surface area (Å²) < 4.78 is 7.15. The highest BCUT2D eigenvalue weighted by Gasteiger charge is 2.30. The Kier molecular flexibility index (Phi) is 4.11. The van der Waals surface area contributed by atoms with Crippen LogP contribution in [0.1, 0.15) is 38.4 Å². The van der Waals surface area contributed by atoms with Crippen LogP contribution in [0.3, 0.4) is 0 Å². The Morgan fingerprint density at radius 2 is 2.04 bits per heavy atom. The number of para-hydroxylation sites is 1. The summed E-state index contributed by atoms with van der Waals surface area (Å²) in [5.41, 5.74) is 3.22. The van der Waals surface area contributed by atoms with Gasteiger partial charge in [0.1, 0.15) is 16.8 Å². The first kappa shape index (κ1) is 16.0. The molecule has 0 amide bonds. The van der Waals surface area contributed by atoms with E-state index in [0.717, 1.165) is 29.8 Å². The molecule has 6 heteroatoms. The first-order valence-electron chi connectivity index (χ1n) is 9.04. The zero-order valence-corrected chi connectivity index (χ0v) is 14.5. The lowest BCUT2D eigenvalue weighted by atomic mass is 10.1. The van der Waals surface area contributed by atoms with E-state index in [1.165, 1.54) is 19.3 Å². The number of rotatable bonds is 3. The smallest absolute Gasteiger partial charge is 0.345 e. The lowest BCUT2D eigenvalue weighted by Crippen LogP contribution is -2.29. The SMILES string of the molecule is CCOC(=O)C1=C(O)CCn2c1nc1c(N3CCCCC3)cccc12. The van der Waals surface area contributed by atoms with E-state index in [2.05, 4.69) is 11.0 Å². The molecule has 0 saturated carbocycles. The molecule has 1 saturated heterocycles. The molecule has 132 valence electrons. The molecule has 0 aliphatic carbocycles. The first-order valence-corrected chi connectivity index (χ1v) is 9.04. The molecule has 3 heterocycles. The number of piperidine rings is 1. The molecule has 4 rings (SSSR count). The van der Waals surface area contributed by atoms with Crippen LogP contribution in [-0.4, -0.2) is 40.3 Å². The van der Waals surface area contributed by atoms with Gasteiger partial charge >= 0.3 is 5.97 Å². The topological polar surface area (TPSA) is 67.6 Å². The third kappa shape index (κ3) is 2.65. The van der Waals surface area contributed by atoms with Gasteiger partial charge in [-0.3, -0.25) is 0 Å². The molecule has 0 bridgehead atoms. The van der Waals surface area contributed by atoms with Gasteiger partial charge in [-0.05, 0) is 38.3 Å². The molecule has 6 nitrogen and oxygen atoms in total. The Labute approximate surface area is 146 Å². The second-order valence-electron chi connectivity index (χ2n) is 6.57. The zero-order valence-electron chi connectivity index (χ0n) is 14.5. The number of aliphatic hydroxyl groups is 1. The fourth-order valence-electron chi connectivity index (χ4n) is 3.82. The number of imidazole rings is 1. The Balaban J connectivity index is 1.85. The third-order valence-corrected chi connectivity index (χ3v) is 5.02. The van der Waals surface area contributed by atoms with Gasteiger partial charge in [0.2, 0.25) is 0 Å². The van der Waals surface area contributed by atoms with Crippen molar-refractivity contribution < 1.29 is 14.6 Å². The Hall–Kier alpha value is -2.50. The average Bonchev–Trinajstić information content (AvgIpc) is 3.00. The third-order valence-electron chi connectivity index (χ3n) is 5.02. The highest BCUT2D eigenvalue weighted by Crippen LogP contribution is 2.34. The molecular weight excluding hydrogens is 318 g/mol. The van der Waals surface area contributed by atoms with E-state index in [-0.39, 0.29) is 17.9 Å². The Morgan fingerprint density at radius 1 is 1.24 bits per heavy atom. The van der Waals surface area contributed by atoms with E-state index in [9.17, 15) is 9.90 Å². The summed E-state index contributed by atoms with van der Waals surface area (Å²) in [6.45, 7) is 4.72. The van der Waals surface area contributed by atoms with Gasteiger partial charge in [-0.25, -0.2) is 9.78 Å². The largest absolute Gasteiger partial charge is 0.511 e. The number of benzene rings is 1. The van der Waals surface area contributed by atoms with Gasteiger partial charge in [0.15, 0.2) is 5.82 Å². The normalized spacial score (nSPS) is 17.7. The lowest BCUT2D eigenvalue weighted by molar-refractivity contribution is -0.136. The molecule has 0 spiro atoms. The summed E-state index contributed by atoms with van der Waals surface area (Å²) in [6.07, 6.45) is 4.08. The number of aliphatic hydroxyl groups excluding tert-OH is 1. The molecule has 0 radical (unpaired) electrons. The minimum Gasteiger partial charge on any atom is -0.511 e. The lowest BCUT2D eigenvalue weighted by Gasteiger charge is -2.28. The number of carbonyl (C=O) groups is 1. The molecule has 2 aliphatic heterocycles. The molecule has 1 N–H and O–H groups in total. The number of aromatic nitrogens is 2. The van der Waals surface area contributed by atoms with E-state index < -0.39 is 5.97 Å². The van der Waals surface area contributed by atoms with E-state index >= 15 is 0 Å². The minimum absolute atomic E-state index is 0.0702. The van der Waals surface area contributed by atoms with Crippen LogP contribution in [0.4, 0.5) is 5.69 Å². The van der Waals surface area contributed by atoms with Crippen molar-refractivity contribution in [3.05, 3.63) is 29.8 Å². The van der Waals surface area contributed by atoms with E-state index in [0.29, 0.717) is 18.8 Å². The van der Waals surface area contributed by atoms with Crippen LogP contribution in [0.25, 0.3) is 16.6 Å². The maximum absolute atomic E-state index is 12.3. The van der Waals surface area contributed by atoms with Crippen molar-refractivity contribution in [3.63, 3.8) is 0 Å². The standard InChI is InChI=1S/C19H23N3O3/c1-2-25-19(24)16-15(23)9-12-22-14-8-6-7-13(17(14)20-18(16)22)21-10-4-3-5-11-21/h6-8,23H,2-5,9-12H2,1H3. The van der Waals surface area contributed by atoms with Crippen molar-refractivity contribution in [2.75, 3.05) is 24.6 Å². The highest BCUT2D eigenvalue weighted by molar-refractivity contribution is 6.17. The average molecular weight is 341 g/mol. The number of hydrogen-bond donors (Lipinski definition) is 1. The van der Waals surface area contributed by atoms with Gasteiger partial charge in [-0.15, -0.1) is 0 Å². The summed E-state index contributed by atoms with van der Waals surface area (Å²) in [6, 6.07) is 6.17. The Morgan fingerprint density at radius 3 is 2.80 bits per heavy atom. The number of hydrogen-bond acceptors (Lipinski definition) is 5. The van der Waals surface area contributed by atoms with Gasteiger partial charge in [0.25, 0.3) is 0 Å². The van der Waals surface area contributed by atoms with Crippen LogP contribution < -0.4 is 4.90 Å². The molecule has 0 atom stereocenters. The second-order valence-corrected chi connectivity index (χ2v) is 6.57. The molecule has 2 aliphatic rings. The summed E-state index contributed by atoms with van der Waals surface area (Å²) in [5.74, 6) is 0.0817. The van der Waals surface area contributed by atoms with Crippen LogP contribution in [0.5, 0.6) is 0 Å². The predicted octanol–water partition coefficient (Wildman–Crippen LogP) is 3.26. The van der Waals surface area contributed by atoms with Crippen LogP contribution in [0.2, 0.25) is 0 Å². The number of esters is 1. The summed E-state index contributed by atoms with van der Waals surface area (Å²) in [7, 11) is 0. The molecule has 1 fully saturated rings. The zero-order chi connectivity index (χ0) is 17.4. The maximum Gasteiger partial charge on any atom is 0.345 e. The van der Waals surface area contributed by atoms with Crippen LogP contribution in [0.15, 0.2) is 24.0 Å². The van der Waals surface area contributed by atoms with Gasteiger partial charge in [-0.1, -0.05) is 6.07 Å². The maximum atomic E-state index is 12.3. The molecule has 0 unspecified atom stereocenters. The van der Waals surface area contributed by atoms with Gasteiger partial charge in [-0.2, -0.15) is 0 Å². The minimum atomic E-state index is -0.504. The van der Waals surface area contributed by atoms with Crippen molar-refractivity contribution in [1.82, 2.24) is 9.55 Å². The first-order chi connectivity index (χ1) is 12.2. The van der Waals surface area contributed by atoms with Crippen LogP contribution in [0, 0.1) is 0 Å². The van der Waals surface area contributed by atoms with E-state index in [1.54, 1.807) is 6.92 Å². The van der Waals surface area contributed by atoms with Crippen molar-refractivity contribution in [2.45, 2.75) is 39.2 Å². The summed E-state index contributed by atoms with van der Waals surface area (Å²) in [4.78, 5) is 19.5. The number of nitrogens with zero attached hydrogens (tertiary/aromatic N) is 3. The molecule has 1 aromatic carbocycles. The number of anilines is 1. The van der Waals surface area contributed by atoms with Crippen molar-refractivity contribution >= 4 is 28.3 Å². The van der Waals surface area contributed by atoms with Gasteiger partial charge in [0.05, 0.1) is 17.8 Å². The molecule has 25 heavy (non-hydrogen) atoms. The van der Waals surface area contributed by atoms with Gasteiger partial charge < -0.3 is 19.3 Å². The van der Waals surface area contributed by atoms with Crippen LogP contribution >= 0.6 is 0 Å². The van der Waals surface area contributed by atoms with Crippen molar-refractivity contribution in [3.8, 4) is 0 Å².